The van der Waals surface area contributed by atoms with Crippen LogP contribution in [0.3, 0.4) is 0 Å². The van der Waals surface area contributed by atoms with E-state index in [1.807, 2.05) is 42.5 Å². The van der Waals surface area contributed by atoms with Crippen molar-refractivity contribution in [2.45, 2.75) is 43.7 Å². The summed E-state index contributed by atoms with van der Waals surface area (Å²) in [6.45, 7) is 1.85. The van der Waals surface area contributed by atoms with E-state index in [1.54, 1.807) is 19.1 Å². The molecule has 1 amide bonds. The summed E-state index contributed by atoms with van der Waals surface area (Å²) in [5.74, 6) is 0.286. The smallest absolute Gasteiger partial charge is 0.258 e. The molecular formula is C26H28N2O4S. The van der Waals surface area contributed by atoms with Gasteiger partial charge in [0.1, 0.15) is 5.75 Å². The summed E-state index contributed by atoms with van der Waals surface area (Å²) in [6.07, 6.45) is 2.98. The number of aryl methyl sites for hydroxylation is 2. The number of benzene rings is 3. The van der Waals surface area contributed by atoms with Crippen LogP contribution < -0.4 is 14.8 Å². The zero-order valence-corrected chi connectivity index (χ0v) is 19.4. The quantitative estimate of drug-likeness (QED) is 0.527. The van der Waals surface area contributed by atoms with Crippen LogP contribution >= 0.6 is 0 Å². The first-order valence-electron chi connectivity index (χ1n) is 11.1. The first-order valence-corrected chi connectivity index (χ1v) is 12.5. The number of hydrogen-bond acceptors (Lipinski definition) is 4. The molecule has 0 saturated heterocycles. The van der Waals surface area contributed by atoms with Crippen LogP contribution in [0.25, 0.3) is 0 Å². The molecule has 0 fully saturated rings. The van der Waals surface area contributed by atoms with E-state index in [4.69, 9.17) is 4.74 Å². The van der Waals surface area contributed by atoms with Crippen molar-refractivity contribution in [3.05, 3.63) is 95.1 Å². The van der Waals surface area contributed by atoms with Gasteiger partial charge < -0.3 is 10.1 Å². The van der Waals surface area contributed by atoms with Crippen LogP contribution in [0.15, 0.2) is 77.7 Å². The van der Waals surface area contributed by atoms with Crippen molar-refractivity contribution in [3.63, 3.8) is 0 Å². The third-order valence-corrected chi connectivity index (χ3v) is 7.23. The third-order valence-electron chi connectivity index (χ3n) is 5.83. The average molecular weight is 465 g/mol. The van der Waals surface area contributed by atoms with Gasteiger partial charge in [-0.2, -0.15) is 0 Å². The molecule has 7 heteroatoms. The molecule has 0 saturated carbocycles. The SMILES string of the molecule is Cc1cc(S(=O)(=O)NCc2ccccc2)ccc1OCC(=O)NC1CCCc2ccccc21. The minimum atomic E-state index is -3.66. The molecule has 4 rings (SSSR count). The van der Waals surface area contributed by atoms with E-state index in [2.05, 4.69) is 22.2 Å². The number of amides is 1. The summed E-state index contributed by atoms with van der Waals surface area (Å²) >= 11 is 0. The number of rotatable bonds is 8. The molecule has 172 valence electrons. The second kappa shape index (κ2) is 10.2. The van der Waals surface area contributed by atoms with Gasteiger partial charge in [-0.15, -0.1) is 0 Å². The van der Waals surface area contributed by atoms with Gasteiger partial charge in [0.25, 0.3) is 5.91 Å². The molecule has 33 heavy (non-hydrogen) atoms. The normalized spacial score (nSPS) is 15.5. The van der Waals surface area contributed by atoms with Crippen LogP contribution in [0.5, 0.6) is 5.75 Å². The topological polar surface area (TPSA) is 84.5 Å². The first kappa shape index (κ1) is 23.0. The third kappa shape index (κ3) is 5.80. The van der Waals surface area contributed by atoms with Gasteiger partial charge in [0.2, 0.25) is 10.0 Å². The summed E-state index contributed by atoms with van der Waals surface area (Å²) in [4.78, 5) is 12.7. The Bertz CT molecular complexity index is 1230. The lowest BCUT2D eigenvalue weighted by molar-refractivity contribution is -0.124. The Kier molecular flexibility index (Phi) is 7.11. The number of carbonyl (C=O) groups is 1. The van der Waals surface area contributed by atoms with Crippen LogP contribution in [0.1, 0.15) is 41.1 Å². The molecule has 2 N–H and O–H groups in total. The zero-order chi connectivity index (χ0) is 23.3. The maximum absolute atomic E-state index is 12.6. The van der Waals surface area contributed by atoms with Crippen molar-refractivity contribution in [3.8, 4) is 5.75 Å². The van der Waals surface area contributed by atoms with Crippen molar-refractivity contribution in [1.82, 2.24) is 10.0 Å². The average Bonchev–Trinajstić information content (AvgIpc) is 2.83. The molecule has 0 aromatic heterocycles. The number of fused-ring (bicyclic) bond motifs is 1. The van der Waals surface area contributed by atoms with Gasteiger partial charge in [0.05, 0.1) is 10.9 Å². The predicted octanol–water partition coefficient (Wildman–Crippen LogP) is 4.05. The van der Waals surface area contributed by atoms with E-state index in [-0.39, 0.29) is 30.0 Å². The van der Waals surface area contributed by atoms with E-state index < -0.39 is 10.0 Å². The van der Waals surface area contributed by atoms with E-state index in [1.165, 1.54) is 17.2 Å². The number of carbonyl (C=O) groups excluding carboxylic acids is 1. The summed E-state index contributed by atoms with van der Waals surface area (Å²) in [5.41, 5.74) is 3.98. The molecule has 1 aliphatic carbocycles. The van der Waals surface area contributed by atoms with Gasteiger partial charge in [0.15, 0.2) is 6.61 Å². The van der Waals surface area contributed by atoms with E-state index in [0.29, 0.717) is 11.3 Å². The van der Waals surface area contributed by atoms with Gasteiger partial charge in [-0.1, -0.05) is 54.6 Å². The van der Waals surface area contributed by atoms with Gasteiger partial charge in [0, 0.05) is 6.54 Å². The maximum Gasteiger partial charge on any atom is 0.258 e. The minimum absolute atomic E-state index is 0.00430. The van der Waals surface area contributed by atoms with Gasteiger partial charge in [-0.05, 0) is 66.6 Å². The Balaban J connectivity index is 1.34. The molecule has 0 heterocycles. The van der Waals surface area contributed by atoms with E-state index in [0.717, 1.165) is 24.8 Å². The van der Waals surface area contributed by atoms with Crippen molar-refractivity contribution < 1.29 is 17.9 Å². The second-order valence-electron chi connectivity index (χ2n) is 8.24. The Morgan fingerprint density at radius 2 is 1.79 bits per heavy atom. The molecule has 3 aromatic rings. The monoisotopic (exact) mass is 464 g/mol. The molecule has 1 atom stereocenters. The number of ether oxygens (including phenoxy) is 1. The fourth-order valence-corrected chi connectivity index (χ4v) is 5.19. The molecule has 1 unspecified atom stereocenters. The number of hydrogen-bond donors (Lipinski definition) is 2. The Morgan fingerprint density at radius 3 is 2.58 bits per heavy atom. The first-order chi connectivity index (χ1) is 15.9. The van der Waals surface area contributed by atoms with Crippen molar-refractivity contribution in [1.29, 1.82) is 0 Å². The Morgan fingerprint density at radius 1 is 1.03 bits per heavy atom. The van der Waals surface area contributed by atoms with Gasteiger partial charge >= 0.3 is 0 Å². The largest absolute Gasteiger partial charge is 0.484 e. The Hall–Kier alpha value is -3.16. The highest BCUT2D eigenvalue weighted by atomic mass is 32.2. The van der Waals surface area contributed by atoms with Crippen LogP contribution in [-0.2, 0) is 27.8 Å². The van der Waals surface area contributed by atoms with Crippen LogP contribution in [0.4, 0.5) is 0 Å². The highest BCUT2D eigenvalue weighted by Gasteiger charge is 2.22. The number of sulfonamides is 1. The summed E-state index contributed by atoms with van der Waals surface area (Å²) in [5, 5.41) is 3.06. The summed E-state index contributed by atoms with van der Waals surface area (Å²) < 4.78 is 33.6. The zero-order valence-electron chi connectivity index (χ0n) is 18.6. The highest BCUT2D eigenvalue weighted by Crippen LogP contribution is 2.29. The predicted molar refractivity (Wildman–Crippen MR) is 127 cm³/mol. The van der Waals surface area contributed by atoms with Crippen molar-refractivity contribution >= 4 is 15.9 Å². The fourth-order valence-electron chi connectivity index (χ4n) is 4.09. The lowest BCUT2D eigenvalue weighted by Crippen LogP contribution is -2.34. The molecule has 0 spiro atoms. The van der Waals surface area contributed by atoms with Crippen LogP contribution in [0.2, 0.25) is 0 Å². The summed E-state index contributed by atoms with van der Waals surface area (Å²) in [6, 6.07) is 22.2. The van der Waals surface area contributed by atoms with Gasteiger partial charge in [-0.25, -0.2) is 13.1 Å². The van der Waals surface area contributed by atoms with Crippen LogP contribution in [0, 0.1) is 6.92 Å². The highest BCUT2D eigenvalue weighted by molar-refractivity contribution is 7.89. The lowest BCUT2D eigenvalue weighted by Gasteiger charge is -2.26. The second-order valence-corrected chi connectivity index (χ2v) is 10.0. The molecular weight excluding hydrogens is 436 g/mol. The fraction of sp³-hybridized carbons (Fsp3) is 0.269. The van der Waals surface area contributed by atoms with E-state index in [9.17, 15) is 13.2 Å². The van der Waals surface area contributed by atoms with Crippen LogP contribution in [-0.4, -0.2) is 20.9 Å². The summed E-state index contributed by atoms with van der Waals surface area (Å²) in [7, 11) is -3.66. The standard InChI is InChI=1S/C26H28N2O4S/c1-19-16-22(33(30,31)27-17-20-8-3-2-4-9-20)14-15-25(19)32-18-26(29)28-24-13-7-11-21-10-5-6-12-23(21)24/h2-6,8-10,12,14-16,24,27H,7,11,13,17-18H2,1H3,(H,28,29). The number of nitrogens with one attached hydrogen (secondary N) is 2. The molecule has 0 bridgehead atoms. The van der Waals surface area contributed by atoms with E-state index >= 15 is 0 Å². The van der Waals surface area contributed by atoms with Crippen molar-refractivity contribution in [2.24, 2.45) is 0 Å². The molecule has 1 aliphatic rings. The Labute approximate surface area is 195 Å². The molecule has 6 nitrogen and oxygen atoms in total. The van der Waals surface area contributed by atoms with Crippen molar-refractivity contribution in [2.75, 3.05) is 6.61 Å². The molecule has 0 aliphatic heterocycles. The minimum Gasteiger partial charge on any atom is -0.484 e. The molecule has 3 aromatic carbocycles. The van der Waals surface area contributed by atoms with Gasteiger partial charge in [-0.3, -0.25) is 4.79 Å². The lowest BCUT2D eigenvalue weighted by atomic mass is 9.88. The maximum atomic E-state index is 12.6. The molecule has 0 radical (unpaired) electrons.